The Labute approximate surface area is 108 Å². The summed E-state index contributed by atoms with van der Waals surface area (Å²) in [7, 11) is 3.26. The van der Waals surface area contributed by atoms with Crippen LogP contribution in [0.1, 0.15) is 29.5 Å². The third-order valence-electron chi connectivity index (χ3n) is 3.05. The lowest BCUT2D eigenvalue weighted by molar-refractivity contribution is -0.137. The topological polar surface area (TPSA) is 55.8 Å². The fourth-order valence-corrected chi connectivity index (χ4v) is 2.12. The van der Waals surface area contributed by atoms with E-state index in [0.29, 0.717) is 12.8 Å². The van der Waals surface area contributed by atoms with Crippen LogP contribution in [-0.4, -0.2) is 25.3 Å². The lowest BCUT2D eigenvalue weighted by atomic mass is 9.98. The van der Waals surface area contributed by atoms with Gasteiger partial charge in [-0.1, -0.05) is 0 Å². The summed E-state index contributed by atoms with van der Waals surface area (Å²) in [5.74, 6) is 0.834. The molecule has 18 heavy (non-hydrogen) atoms. The zero-order valence-electron chi connectivity index (χ0n) is 11.4. The second-order valence-electron chi connectivity index (χ2n) is 4.28. The van der Waals surface area contributed by atoms with E-state index in [4.69, 9.17) is 14.6 Å². The normalized spacial score (nSPS) is 10.2. The molecule has 0 aliphatic heterocycles. The Kier molecular flexibility index (Phi) is 5.01. The summed E-state index contributed by atoms with van der Waals surface area (Å²) in [6, 6.07) is 1.97. The van der Waals surface area contributed by atoms with Crippen molar-refractivity contribution in [1.82, 2.24) is 0 Å². The predicted molar refractivity (Wildman–Crippen MR) is 69.6 cm³/mol. The maximum absolute atomic E-state index is 10.5. The number of hydrogen-bond acceptors (Lipinski definition) is 3. The fraction of sp³-hybridized carbons (Fsp3) is 0.500. The first kappa shape index (κ1) is 14.4. The van der Waals surface area contributed by atoms with Crippen molar-refractivity contribution in [2.45, 2.75) is 33.1 Å². The Bertz CT molecular complexity index is 438. The second-order valence-corrected chi connectivity index (χ2v) is 4.28. The van der Waals surface area contributed by atoms with Crippen LogP contribution in [0.5, 0.6) is 11.5 Å². The predicted octanol–water partition coefficient (Wildman–Crippen LogP) is 2.73. The van der Waals surface area contributed by atoms with Crippen molar-refractivity contribution in [2.24, 2.45) is 0 Å². The second kappa shape index (κ2) is 6.28. The highest BCUT2D eigenvalue weighted by atomic mass is 16.5. The number of carbonyl (C=O) groups is 1. The summed E-state index contributed by atoms with van der Waals surface area (Å²) in [6.45, 7) is 3.93. The summed E-state index contributed by atoms with van der Waals surface area (Å²) in [4.78, 5) is 10.5. The third-order valence-corrected chi connectivity index (χ3v) is 3.05. The molecule has 100 valence electrons. The molecule has 1 aromatic rings. The van der Waals surface area contributed by atoms with Gasteiger partial charge in [0.2, 0.25) is 0 Å². The number of carboxylic acid groups (broad SMARTS) is 1. The Hall–Kier alpha value is -1.71. The molecule has 1 rings (SSSR count). The largest absolute Gasteiger partial charge is 0.496 e. The molecule has 1 N–H and O–H groups in total. The van der Waals surface area contributed by atoms with Crippen molar-refractivity contribution in [2.75, 3.05) is 14.2 Å². The van der Waals surface area contributed by atoms with Gasteiger partial charge in [0.1, 0.15) is 11.5 Å². The van der Waals surface area contributed by atoms with E-state index in [9.17, 15) is 4.79 Å². The van der Waals surface area contributed by atoms with Crippen molar-refractivity contribution in [3.05, 3.63) is 22.8 Å². The van der Waals surface area contributed by atoms with E-state index in [0.717, 1.165) is 28.2 Å². The van der Waals surface area contributed by atoms with E-state index in [1.165, 1.54) is 0 Å². The van der Waals surface area contributed by atoms with Gasteiger partial charge in [0.05, 0.1) is 14.2 Å². The van der Waals surface area contributed by atoms with Gasteiger partial charge in [0.15, 0.2) is 0 Å². The molecule has 0 bridgehead atoms. The lowest BCUT2D eigenvalue weighted by Gasteiger charge is -2.17. The molecule has 0 heterocycles. The van der Waals surface area contributed by atoms with Gasteiger partial charge in [-0.05, 0) is 43.9 Å². The molecule has 0 saturated carbocycles. The summed E-state index contributed by atoms with van der Waals surface area (Å²) >= 11 is 0. The SMILES string of the molecule is COc1cc(C)c(CCCC(=O)O)c(OC)c1C. The number of carboxylic acids is 1. The van der Waals surface area contributed by atoms with E-state index in [1.54, 1.807) is 14.2 Å². The van der Waals surface area contributed by atoms with Crippen LogP contribution < -0.4 is 9.47 Å². The van der Waals surface area contributed by atoms with Crippen LogP contribution >= 0.6 is 0 Å². The standard InChI is InChI=1S/C14H20O4/c1-9-8-12(17-3)10(2)14(18-4)11(9)6-5-7-13(15)16/h8H,5-7H2,1-4H3,(H,15,16). The first-order valence-electron chi connectivity index (χ1n) is 5.94. The van der Waals surface area contributed by atoms with Gasteiger partial charge in [0, 0.05) is 12.0 Å². The van der Waals surface area contributed by atoms with Crippen LogP contribution in [0.15, 0.2) is 6.07 Å². The average Bonchev–Trinajstić information content (AvgIpc) is 2.32. The van der Waals surface area contributed by atoms with Crippen LogP contribution in [-0.2, 0) is 11.2 Å². The quantitative estimate of drug-likeness (QED) is 0.845. The minimum absolute atomic E-state index is 0.174. The molecule has 1 aromatic carbocycles. The molecule has 0 unspecified atom stereocenters. The molecule has 0 spiro atoms. The van der Waals surface area contributed by atoms with Gasteiger partial charge in [-0.25, -0.2) is 0 Å². The van der Waals surface area contributed by atoms with Crippen LogP contribution in [0.2, 0.25) is 0 Å². The first-order chi connectivity index (χ1) is 8.51. The lowest BCUT2D eigenvalue weighted by Crippen LogP contribution is -2.02. The Balaban J connectivity index is 3.02. The van der Waals surface area contributed by atoms with Gasteiger partial charge in [0.25, 0.3) is 0 Å². The fourth-order valence-electron chi connectivity index (χ4n) is 2.12. The zero-order valence-corrected chi connectivity index (χ0v) is 11.4. The van der Waals surface area contributed by atoms with Crippen molar-refractivity contribution in [3.63, 3.8) is 0 Å². The Morgan fingerprint density at radius 1 is 1.28 bits per heavy atom. The van der Waals surface area contributed by atoms with E-state index in [2.05, 4.69) is 0 Å². The molecular weight excluding hydrogens is 232 g/mol. The monoisotopic (exact) mass is 252 g/mol. The van der Waals surface area contributed by atoms with Crippen LogP contribution in [0.4, 0.5) is 0 Å². The number of rotatable bonds is 6. The van der Waals surface area contributed by atoms with Crippen LogP contribution in [0, 0.1) is 13.8 Å². The highest BCUT2D eigenvalue weighted by Crippen LogP contribution is 2.34. The Morgan fingerprint density at radius 3 is 2.44 bits per heavy atom. The molecule has 0 aliphatic rings. The molecule has 0 aliphatic carbocycles. The maximum Gasteiger partial charge on any atom is 0.303 e. The molecule has 0 radical (unpaired) electrons. The van der Waals surface area contributed by atoms with Gasteiger partial charge in [-0.15, -0.1) is 0 Å². The van der Waals surface area contributed by atoms with Crippen molar-refractivity contribution >= 4 is 5.97 Å². The molecule has 0 amide bonds. The molecule has 0 aromatic heterocycles. The maximum atomic E-state index is 10.5. The Morgan fingerprint density at radius 2 is 1.94 bits per heavy atom. The van der Waals surface area contributed by atoms with Crippen molar-refractivity contribution in [3.8, 4) is 11.5 Å². The molecule has 4 nitrogen and oxygen atoms in total. The van der Waals surface area contributed by atoms with E-state index >= 15 is 0 Å². The van der Waals surface area contributed by atoms with Crippen LogP contribution in [0.3, 0.4) is 0 Å². The van der Waals surface area contributed by atoms with Gasteiger partial charge >= 0.3 is 5.97 Å². The summed E-state index contributed by atoms with van der Waals surface area (Å²) in [6.07, 6.45) is 1.48. The highest BCUT2D eigenvalue weighted by Gasteiger charge is 2.14. The number of benzene rings is 1. The minimum Gasteiger partial charge on any atom is -0.496 e. The molecular formula is C14H20O4. The molecule has 4 heteroatoms. The van der Waals surface area contributed by atoms with Crippen LogP contribution in [0.25, 0.3) is 0 Å². The first-order valence-corrected chi connectivity index (χ1v) is 5.94. The van der Waals surface area contributed by atoms with E-state index in [1.807, 2.05) is 19.9 Å². The summed E-state index contributed by atoms with van der Waals surface area (Å²) < 4.78 is 10.7. The number of ether oxygens (including phenoxy) is 2. The average molecular weight is 252 g/mol. The van der Waals surface area contributed by atoms with E-state index < -0.39 is 5.97 Å². The van der Waals surface area contributed by atoms with Crippen molar-refractivity contribution in [1.29, 1.82) is 0 Å². The van der Waals surface area contributed by atoms with Gasteiger partial charge in [-0.2, -0.15) is 0 Å². The number of hydrogen-bond donors (Lipinski definition) is 1. The number of aryl methyl sites for hydroxylation is 1. The number of aliphatic carboxylic acids is 1. The molecule has 0 fully saturated rings. The van der Waals surface area contributed by atoms with Crippen molar-refractivity contribution < 1.29 is 19.4 Å². The zero-order chi connectivity index (χ0) is 13.7. The molecule has 0 saturated heterocycles. The van der Waals surface area contributed by atoms with Gasteiger partial charge < -0.3 is 14.6 Å². The summed E-state index contributed by atoms with van der Waals surface area (Å²) in [5.41, 5.74) is 3.09. The van der Waals surface area contributed by atoms with E-state index in [-0.39, 0.29) is 6.42 Å². The summed E-state index contributed by atoms with van der Waals surface area (Å²) in [5, 5.41) is 8.67. The highest BCUT2D eigenvalue weighted by molar-refractivity contribution is 5.66. The smallest absolute Gasteiger partial charge is 0.303 e. The third kappa shape index (κ3) is 3.15. The van der Waals surface area contributed by atoms with Gasteiger partial charge in [-0.3, -0.25) is 4.79 Å². The number of methoxy groups -OCH3 is 2. The molecule has 0 atom stereocenters. The minimum atomic E-state index is -0.767.